The van der Waals surface area contributed by atoms with Crippen LogP contribution in [0.2, 0.25) is 0 Å². The van der Waals surface area contributed by atoms with Crippen molar-refractivity contribution in [1.82, 2.24) is 5.32 Å². The number of carbonyl (C=O) groups is 1. The van der Waals surface area contributed by atoms with Crippen LogP contribution in [0, 0.1) is 6.92 Å². The number of amides is 1. The van der Waals surface area contributed by atoms with Crippen LogP contribution in [0.4, 0.5) is 4.79 Å². The van der Waals surface area contributed by atoms with Gasteiger partial charge in [0.1, 0.15) is 18.5 Å². The van der Waals surface area contributed by atoms with Crippen LogP contribution in [-0.2, 0) is 17.8 Å². The first-order chi connectivity index (χ1) is 15.6. The normalized spacial score (nSPS) is 14.3. The molecule has 6 nitrogen and oxygen atoms in total. The lowest BCUT2D eigenvalue weighted by Crippen LogP contribution is -2.34. The van der Waals surface area contributed by atoms with E-state index in [4.69, 9.17) is 18.9 Å². The van der Waals surface area contributed by atoms with Gasteiger partial charge in [0, 0.05) is 17.5 Å². The van der Waals surface area contributed by atoms with Crippen LogP contribution in [0.25, 0.3) is 11.1 Å². The number of aryl methyl sites for hydroxylation is 1. The molecule has 4 rings (SSSR count). The van der Waals surface area contributed by atoms with Gasteiger partial charge in [0.25, 0.3) is 0 Å². The Morgan fingerprint density at radius 3 is 2.59 bits per heavy atom. The van der Waals surface area contributed by atoms with Gasteiger partial charge < -0.3 is 24.3 Å². The zero-order chi connectivity index (χ0) is 22.5. The fourth-order valence-electron chi connectivity index (χ4n) is 3.98. The fourth-order valence-corrected chi connectivity index (χ4v) is 3.98. The Kier molecular flexibility index (Phi) is 6.50. The van der Waals surface area contributed by atoms with Crippen molar-refractivity contribution in [3.05, 3.63) is 77.4 Å². The van der Waals surface area contributed by atoms with Crippen molar-refractivity contribution in [3.63, 3.8) is 0 Å². The predicted octanol–water partition coefficient (Wildman–Crippen LogP) is 4.91. The first-order valence-electron chi connectivity index (χ1n) is 10.5. The van der Waals surface area contributed by atoms with Crippen LogP contribution in [0.15, 0.2) is 60.7 Å². The highest BCUT2D eigenvalue weighted by Crippen LogP contribution is 2.45. The summed E-state index contributed by atoms with van der Waals surface area (Å²) < 4.78 is 22.7. The highest BCUT2D eigenvalue weighted by Gasteiger charge is 2.28. The molecule has 0 fully saturated rings. The second kappa shape index (κ2) is 9.64. The SMILES string of the molecule is COc1cccc(-c2cc(C)cc3c2OC(CNC(=O)OCc2ccccc2)C3)c1OC. The quantitative estimate of drug-likeness (QED) is 0.574. The zero-order valence-corrected chi connectivity index (χ0v) is 18.5. The number of alkyl carbamates (subject to hydrolysis) is 1. The Hall–Kier alpha value is -3.67. The van der Waals surface area contributed by atoms with Gasteiger partial charge in [-0.1, -0.05) is 48.5 Å². The molecule has 1 heterocycles. The largest absolute Gasteiger partial charge is 0.493 e. The molecule has 166 valence electrons. The second-order valence-corrected chi connectivity index (χ2v) is 7.73. The molecule has 1 N–H and O–H groups in total. The van der Waals surface area contributed by atoms with E-state index in [0.29, 0.717) is 24.5 Å². The molecule has 32 heavy (non-hydrogen) atoms. The molecule has 1 unspecified atom stereocenters. The first-order valence-corrected chi connectivity index (χ1v) is 10.5. The molecular weight excluding hydrogens is 406 g/mol. The average Bonchev–Trinajstić information content (AvgIpc) is 3.23. The Morgan fingerprint density at radius 1 is 1.03 bits per heavy atom. The third-order valence-corrected chi connectivity index (χ3v) is 5.42. The number of fused-ring (bicyclic) bond motifs is 1. The molecule has 0 aromatic heterocycles. The first kappa shape index (κ1) is 21.6. The molecule has 6 heteroatoms. The molecule has 1 aliphatic rings. The highest BCUT2D eigenvalue weighted by atomic mass is 16.5. The Morgan fingerprint density at radius 2 is 1.84 bits per heavy atom. The van der Waals surface area contributed by atoms with E-state index >= 15 is 0 Å². The van der Waals surface area contributed by atoms with Gasteiger partial charge >= 0.3 is 6.09 Å². The van der Waals surface area contributed by atoms with Gasteiger partial charge in [-0.2, -0.15) is 0 Å². The second-order valence-electron chi connectivity index (χ2n) is 7.73. The molecule has 1 aliphatic heterocycles. The molecule has 1 atom stereocenters. The maximum Gasteiger partial charge on any atom is 0.407 e. The summed E-state index contributed by atoms with van der Waals surface area (Å²) in [5.41, 5.74) is 5.03. The molecule has 3 aromatic rings. The van der Waals surface area contributed by atoms with E-state index in [1.807, 2.05) is 48.5 Å². The lowest BCUT2D eigenvalue weighted by molar-refractivity contribution is 0.133. The Balaban J connectivity index is 1.45. The third-order valence-electron chi connectivity index (χ3n) is 5.42. The number of rotatable bonds is 7. The number of hydrogen-bond acceptors (Lipinski definition) is 5. The van der Waals surface area contributed by atoms with Crippen LogP contribution in [0.1, 0.15) is 16.7 Å². The summed E-state index contributed by atoms with van der Waals surface area (Å²) in [6, 6.07) is 19.6. The van der Waals surface area contributed by atoms with E-state index < -0.39 is 6.09 Å². The molecule has 3 aromatic carbocycles. The van der Waals surface area contributed by atoms with E-state index in [1.54, 1.807) is 14.2 Å². The number of methoxy groups -OCH3 is 2. The van der Waals surface area contributed by atoms with Crippen molar-refractivity contribution < 1.29 is 23.7 Å². The summed E-state index contributed by atoms with van der Waals surface area (Å²) in [7, 11) is 3.25. The number of ether oxygens (including phenoxy) is 4. The smallest absolute Gasteiger partial charge is 0.407 e. The number of benzene rings is 3. The molecule has 0 saturated heterocycles. The topological polar surface area (TPSA) is 66.0 Å². The van der Waals surface area contributed by atoms with Gasteiger partial charge in [-0.3, -0.25) is 0 Å². The van der Waals surface area contributed by atoms with Gasteiger partial charge in [0.05, 0.1) is 20.8 Å². The Bertz CT molecular complexity index is 1100. The number of hydrogen-bond donors (Lipinski definition) is 1. The minimum Gasteiger partial charge on any atom is -0.493 e. The van der Waals surface area contributed by atoms with Crippen LogP contribution in [0.3, 0.4) is 0 Å². The van der Waals surface area contributed by atoms with Crippen molar-refractivity contribution >= 4 is 6.09 Å². The summed E-state index contributed by atoms with van der Waals surface area (Å²) in [5, 5.41) is 2.81. The molecule has 0 spiro atoms. The number of para-hydroxylation sites is 1. The summed E-state index contributed by atoms with van der Waals surface area (Å²) in [6.07, 6.45) is 0.0700. The molecule has 0 aliphatic carbocycles. The van der Waals surface area contributed by atoms with Gasteiger partial charge in [0.15, 0.2) is 11.5 Å². The average molecular weight is 434 g/mol. The maximum atomic E-state index is 12.1. The Labute approximate surface area is 188 Å². The predicted molar refractivity (Wildman–Crippen MR) is 122 cm³/mol. The minimum absolute atomic E-state index is 0.175. The van der Waals surface area contributed by atoms with Gasteiger partial charge in [-0.25, -0.2) is 4.79 Å². The van der Waals surface area contributed by atoms with E-state index in [9.17, 15) is 4.79 Å². The molecular formula is C26H27NO5. The van der Waals surface area contributed by atoms with Crippen molar-refractivity contribution in [2.75, 3.05) is 20.8 Å². The van der Waals surface area contributed by atoms with Crippen LogP contribution in [0.5, 0.6) is 17.2 Å². The lowest BCUT2D eigenvalue weighted by atomic mass is 9.97. The van der Waals surface area contributed by atoms with Gasteiger partial charge in [0.2, 0.25) is 0 Å². The monoisotopic (exact) mass is 433 g/mol. The molecule has 0 radical (unpaired) electrons. The van der Waals surface area contributed by atoms with Crippen molar-refractivity contribution in [1.29, 1.82) is 0 Å². The number of carbonyl (C=O) groups excluding carboxylic acids is 1. The number of nitrogens with one attached hydrogen (secondary N) is 1. The van der Waals surface area contributed by atoms with Crippen LogP contribution >= 0.6 is 0 Å². The maximum absolute atomic E-state index is 12.1. The fraction of sp³-hybridized carbons (Fsp3) is 0.269. The van der Waals surface area contributed by atoms with Crippen molar-refractivity contribution in [2.24, 2.45) is 0 Å². The van der Waals surface area contributed by atoms with E-state index in [1.165, 1.54) is 0 Å². The van der Waals surface area contributed by atoms with Crippen LogP contribution < -0.4 is 19.5 Å². The lowest BCUT2D eigenvalue weighted by Gasteiger charge is -2.17. The van der Waals surface area contributed by atoms with Crippen molar-refractivity contribution in [2.45, 2.75) is 26.1 Å². The summed E-state index contributed by atoms with van der Waals surface area (Å²) >= 11 is 0. The van der Waals surface area contributed by atoms with E-state index in [2.05, 4.69) is 24.4 Å². The van der Waals surface area contributed by atoms with Gasteiger partial charge in [-0.15, -0.1) is 0 Å². The molecule has 0 saturated carbocycles. The van der Waals surface area contributed by atoms with Crippen molar-refractivity contribution in [3.8, 4) is 28.4 Å². The molecule has 0 bridgehead atoms. The van der Waals surface area contributed by atoms with Crippen LogP contribution in [-0.4, -0.2) is 33.0 Å². The van der Waals surface area contributed by atoms with E-state index in [0.717, 1.165) is 33.6 Å². The standard InChI is InChI=1S/C26H27NO5/c1-17-12-19-14-20(15-27-26(28)31-16-18-8-5-4-6-9-18)32-24(19)22(13-17)21-10-7-11-23(29-2)25(21)30-3/h4-13,20H,14-16H2,1-3H3,(H,27,28). The summed E-state index contributed by atoms with van der Waals surface area (Å²) in [5.74, 6) is 2.14. The third kappa shape index (κ3) is 4.64. The molecule has 1 amide bonds. The van der Waals surface area contributed by atoms with E-state index in [-0.39, 0.29) is 12.7 Å². The summed E-state index contributed by atoms with van der Waals surface area (Å²) in [6.45, 7) is 2.65. The zero-order valence-electron chi connectivity index (χ0n) is 18.5. The van der Waals surface area contributed by atoms with Gasteiger partial charge in [-0.05, 0) is 35.7 Å². The minimum atomic E-state index is -0.459. The highest BCUT2D eigenvalue weighted by molar-refractivity contribution is 5.80. The summed E-state index contributed by atoms with van der Waals surface area (Å²) in [4.78, 5) is 12.1.